The van der Waals surface area contributed by atoms with E-state index in [0.29, 0.717) is 11.1 Å². The molecule has 9 aromatic rings. The molecule has 0 N–H and O–H groups in total. The fourth-order valence-electron chi connectivity index (χ4n) is 7.32. The number of nitrogens with zero attached hydrogens (tertiary/aromatic N) is 4. The van der Waals surface area contributed by atoms with Gasteiger partial charge in [0.25, 0.3) is 0 Å². The zero-order valence-corrected chi connectivity index (χ0v) is 25.8. The van der Waals surface area contributed by atoms with Crippen LogP contribution in [0.4, 0.5) is 0 Å². The van der Waals surface area contributed by atoms with Crippen molar-refractivity contribution in [2.24, 2.45) is 0 Å². The Morgan fingerprint density at radius 2 is 0.917 bits per heavy atom. The summed E-state index contributed by atoms with van der Waals surface area (Å²) in [6.45, 7) is 0. The maximum atomic E-state index is 10.5. The average Bonchev–Trinajstić information content (AvgIpc) is 3.67. The van der Waals surface area contributed by atoms with E-state index in [4.69, 9.17) is 0 Å². The molecule has 48 heavy (non-hydrogen) atoms. The quantitative estimate of drug-likeness (QED) is 0.199. The van der Waals surface area contributed by atoms with Gasteiger partial charge in [0.2, 0.25) is 0 Å². The van der Waals surface area contributed by atoms with Crippen LogP contribution in [0.25, 0.3) is 77.2 Å². The number of benzene rings is 7. The van der Waals surface area contributed by atoms with Crippen LogP contribution in [0.3, 0.4) is 0 Å². The van der Waals surface area contributed by atoms with Crippen molar-refractivity contribution in [1.29, 1.82) is 10.5 Å². The number of aromatic nitrogens is 2. The topological polar surface area (TPSA) is 57.4 Å². The van der Waals surface area contributed by atoms with Crippen molar-refractivity contribution >= 4 is 43.6 Å². The highest BCUT2D eigenvalue weighted by atomic mass is 15.0. The van der Waals surface area contributed by atoms with Crippen molar-refractivity contribution in [3.63, 3.8) is 0 Å². The summed E-state index contributed by atoms with van der Waals surface area (Å²) in [4.78, 5) is 0. The maximum absolute atomic E-state index is 10.5. The monoisotopic (exact) mass is 610 g/mol. The molecule has 0 aliphatic carbocycles. The molecular formula is C44H26N4. The highest BCUT2D eigenvalue weighted by Crippen LogP contribution is 2.40. The summed E-state index contributed by atoms with van der Waals surface area (Å²) < 4.78 is 4.48. The van der Waals surface area contributed by atoms with Crippen molar-refractivity contribution in [3.05, 3.63) is 169 Å². The van der Waals surface area contributed by atoms with E-state index < -0.39 is 0 Å². The first-order valence-corrected chi connectivity index (χ1v) is 15.9. The minimum atomic E-state index is 0.571. The Morgan fingerprint density at radius 3 is 1.58 bits per heavy atom. The van der Waals surface area contributed by atoms with Crippen LogP contribution in [0.5, 0.6) is 0 Å². The summed E-state index contributed by atoms with van der Waals surface area (Å²) in [5.41, 5.74) is 11.0. The molecule has 222 valence electrons. The molecule has 0 spiro atoms. The SMILES string of the molecule is N#Cc1cc(-c2cccc(C#N)c2-n2c3ccccc3c3ccccc32)ccc1-c1ccc2c(c1)c1ccccc1n2-c1ccccc1. The number of rotatable bonds is 4. The van der Waals surface area contributed by atoms with E-state index in [1.54, 1.807) is 0 Å². The van der Waals surface area contributed by atoms with Gasteiger partial charge in [-0.25, -0.2) is 0 Å². The van der Waals surface area contributed by atoms with Crippen LogP contribution in [-0.4, -0.2) is 9.13 Å². The zero-order chi connectivity index (χ0) is 32.2. The van der Waals surface area contributed by atoms with Crippen molar-refractivity contribution in [2.75, 3.05) is 0 Å². The molecule has 0 atom stereocenters. The molecule has 0 radical (unpaired) electrons. The predicted octanol–water partition coefficient (Wildman–Crippen LogP) is 11.0. The van der Waals surface area contributed by atoms with Crippen molar-refractivity contribution in [2.45, 2.75) is 0 Å². The van der Waals surface area contributed by atoms with E-state index in [2.05, 4.69) is 118 Å². The third kappa shape index (κ3) is 4.07. The second-order valence-corrected chi connectivity index (χ2v) is 12.0. The molecule has 0 amide bonds. The third-order valence-electron chi connectivity index (χ3n) is 9.41. The molecule has 0 aliphatic heterocycles. The Morgan fingerprint density at radius 1 is 0.375 bits per heavy atom. The smallest absolute Gasteiger partial charge is 0.101 e. The van der Waals surface area contributed by atoms with Crippen LogP contribution in [0.1, 0.15) is 11.1 Å². The lowest BCUT2D eigenvalue weighted by Gasteiger charge is -2.16. The van der Waals surface area contributed by atoms with Crippen LogP contribution >= 0.6 is 0 Å². The molecule has 9 rings (SSSR count). The van der Waals surface area contributed by atoms with E-state index >= 15 is 0 Å². The average molecular weight is 611 g/mol. The lowest BCUT2D eigenvalue weighted by molar-refractivity contribution is 1.17. The summed E-state index contributed by atoms with van der Waals surface area (Å²) in [5.74, 6) is 0. The molecule has 4 nitrogen and oxygen atoms in total. The largest absolute Gasteiger partial charge is 0.309 e. The zero-order valence-electron chi connectivity index (χ0n) is 25.8. The van der Waals surface area contributed by atoms with Crippen molar-refractivity contribution in [3.8, 4) is 45.8 Å². The van der Waals surface area contributed by atoms with Crippen LogP contribution < -0.4 is 0 Å². The second kappa shape index (κ2) is 10.9. The fourth-order valence-corrected chi connectivity index (χ4v) is 7.32. The number of fused-ring (bicyclic) bond motifs is 6. The number of hydrogen-bond acceptors (Lipinski definition) is 2. The predicted molar refractivity (Wildman–Crippen MR) is 195 cm³/mol. The van der Waals surface area contributed by atoms with Crippen LogP contribution in [-0.2, 0) is 0 Å². The van der Waals surface area contributed by atoms with Gasteiger partial charge < -0.3 is 9.13 Å². The molecular weight excluding hydrogens is 585 g/mol. The van der Waals surface area contributed by atoms with Crippen LogP contribution in [0, 0.1) is 22.7 Å². The van der Waals surface area contributed by atoms with Crippen LogP contribution in [0.2, 0.25) is 0 Å². The van der Waals surface area contributed by atoms with Gasteiger partial charge in [-0.1, -0.05) is 103 Å². The van der Waals surface area contributed by atoms with Gasteiger partial charge in [-0.05, 0) is 71.3 Å². The van der Waals surface area contributed by atoms with Gasteiger partial charge in [-0.3, -0.25) is 0 Å². The summed E-state index contributed by atoms with van der Waals surface area (Å²) in [5, 5.41) is 25.4. The van der Waals surface area contributed by atoms with E-state index in [9.17, 15) is 10.5 Å². The Kier molecular flexibility index (Phi) is 6.22. The summed E-state index contributed by atoms with van der Waals surface area (Å²) >= 11 is 0. The number of hydrogen-bond donors (Lipinski definition) is 0. The molecule has 2 heterocycles. The summed E-state index contributed by atoms with van der Waals surface area (Å²) in [6, 6.07) is 58.8. The molecule has 0 unspecified atom stereocenters. The molecule has 2 aromatic heterocycles. The van der Waals surface area contributed by atoms with Crippen molar-refractivity contribution < 1.29 is 0 Å². The van der Waals surface area contributed by atoms with E-state index in [0.717, 1.165) is 77.2 Å². The van der Waals surface area contributed by atoms with Gasteiger partial charge in [0.1, 0.15) is 6.07 Å². The number of nitriles is 2. The number of para-hydroxylation sites is 5. The molecule has 0 saturated heterocycles. The Bertz CT molecular complexity index is 2750. The maximum Gasteiger partial charge on any atom is 0.101 e. The standard InChI is InChI=1S/C44H26N4/c45-27-31-11-10-17-35(44(31)48-41-19-8-4-14-36(41)37-15-5-9-20-42(37)48)29-21-23-34(32(25-29)28-46)30-22-24-43-39(26-30)38-16-6-7-18-40(38)47(43)33-12-2-1-3-13-33/h1-26H. The Hall–Kier alpha value is -6.88. The van der Waals surface area contributed by atoms with Crippen molar-refractivity contribution in [1.82, 2.24) is 9.13 Å². The molecule has 7 aromatic carbocycles. The first-order valence-electron chi connectivity index (χ1n) is 15.9. The highest BCUT2D eigenvalue weighted by Gasteiger charge is 2.20. The molecule has 0 bridgehead atoms. The first kappa shape index (κ1) is 27.4. The summed E-state index contributed by atoms with van der Waals surface area (Å²) in [6.07, 6.45) is 0. The molecule has 0 aliphatic rings. The van der Waals surface area contributed by atoms with E-state index in [-0.39, 0.29) is 0 Å². The van der Waals surface area contributed by atoms with Gasteiger partial charge in [0.05, 0.1) is 45.0 Å². The highest BCUT2D eigenvalue weighted by molar-refractivity contribution is 6.11. The van der Waals surface area contributed by atoms with Gasteiger partial charge in [-0.2, -0.15) is 10.5 Å². The van der Waals surface area contributed by atoms with Gasteiger partial charge in [-0.15, -0.1) is 0 Å². The lowest BCUT2D eigenvalue weighted by atomic mass is 9.93. The second-order valence-electron chi connectivity index (χ2n) is 12.0. The van der Waals surface area contributed by atoms with E-state index in [1.807, 2.05) is 60.7 Å². The Balaban J connectivity index is 1.23. The van der Waals surface area contributed by atoms with Crippen LogP contribution in [0.15, 0.2) is 158 Å². The first-order chi connectivity index (χ1) is 23.7. The summed E-state index contributed by atoms with van der Waals surface area (Å²) in [7, 11) is 0. The van der Waals surface area contributed by atoms with Gasteiger partial charge in [0, 0.05) is 32.8 Å². The molecule has 4 heteroatoms. The van der Waals surface area contributed by atoms with E-state index in [1.165, 1.54) is 0 Å². The fraction of sp³-hybridized carbons (Fsp3) is 0. The minimum Gasteiger partial charge on any atom is -0.309 e. The van der Waals surface area contributed by atoms with Gasteiger partial charge >= 0.3 is 0 Å². The van der Waals surface area contributed by atoms with Gasteiger partial charge in [0.15, 0.2) is 0 Å². The molecule has 0 saturated carbocycles. The minimum absolute atomic E-state index is 0.571. The lowest BCUT2D eigenvalue weighted by Crippen LogP contribution is -2.01. The Labute approximate surface area is 277 Å². The molecule has 0 fully saturated rings. The normalized spacial score (nSPS) is 11.3. The third-order valence-corrected chi connectivity index (χ3v) is 9.41.